The van der Waals surface area contributed by atoms with Gasteiger partial charge in [-0.15, -0.1) is 0 Å². The highest BCUT2D eigenvalue weighted by Crippen LogP contribution is 2.52. The Bertz CT molecular complexity index is 5000. The molecule has 0 N–H and O–H groups in total. The molecular weight excluding hydrogens is 1080 g/mol. The van der Waals surface area contributed by atoms with Crippen LogP contribution in [0.1, 0.15) is 0 Å². The molecule has 3 heterocycles. The fourth-order valence-corrected chi connectivity index (χ4v) is 14.2. The maximum atomic E-state index is 2.63. The average Bonchev–Trinajstić information content (AvgIpc) is 1.67. The summed E-state index contributed by atoms with van der Waals surface area (Å²) in [6, 6.07) is 127. The standard InChI is InChI=1S/C84H57BN4/c1-8-25-58(26-9-1)61-43-48-68(49-44-61)87-77-53-47-65(60-29-12-3-13-30-60)55-75(77)85-74-52-54-78-81(73-39-22-23-42-76(73)89(78)83-71(63-31-14-4-15-32-63)40-24-41-72(83)64-33-16-5-17-34-64)84(74)88(69-50-45-62(46-51-69)59-27-10-2-11-28-59)80-57-70(56-79(87)82(80)85)86(66-35-18-6-19-36-66)67-37-20-7-21-38-67/h1-57H. The van der Waals surface area contributed by atoms with Crippen LogP contribution in [0.3, 0.4) is 0 Å². The summed E-state index contributed by atoms with van der Waals surface area (Å²) >= 11 is 0. The summed E-state index contributed by atoms with van der Waals surface area (Å²) in [5, 5.41) is 2.36. The molecule has 2 aliphatic heterocycles. The first-order valence-corrected chi connectivity index (χ1v) is 30.7. The highest BCUT2D eigenvalue weighted by molar-refractivity contribution is 7.00. The summed E-state index contributed by atoms with van der Waals surface area (Å²) in [4.78, 5) is 7.60. The van der Waals surface area contributed by atoms with Gasteiger partial charge in [0.1, 0.15) is 0 Å². The Hall–Kier alpha value is -11.7. The number of fused-ring (bicyclic) bond motifs is 8. The molecular formula is C84H57BN4. The van der Waals surface area contributed by atoms with Crippen molar-refractivity contribution in [3.63, 3.8) is 0 Å². The Kier molecular flexibility index (Phi) is 12.6. The van der Waals surface area contributed by atoms with E-state index in [0.717, 1.165) is 95.7 Å². The summed E-state index contributed by atoms with van der Waals surface area (Å²) in [7, 11) is 0. The van der Waals surface area contributed by atoms with Gasteiger partial charge in [0.25, 0.3) is 6.71 Å². The number of anilines is 9. The van der Waals surface area contributed by atoms with E-state index in [-0.39, 0.29) is 6.71 Å². The van der Waals surface area contributed by atoms with Crippen LogP contribution in [0.2, 0.25) is 0 Å². The van der Waals surface area contributed by atoms with Crippen molar-refractivity contribution >= 4 is 96.1 Å². The van der Waals surface area contributed by atoms with Crippen LogP contribution in [0, 0.1) is 0 Å². The van der Waals surface area contributed by atoms with Gasteiger partial charge in [0.15, 0.2) is 0 Å². The zero-order chi connectivity index (χ0) is 58.8. The molecule has 14 aromatic carbocycles. The van der Waals surface area contributed by atoms with Crippen LogP contribution in [0.4, 0.5) is 51.2 Å². The number of rotatable bonds is 11. The summed E-state index contributed by atoms with van der Waals surface area (Å²) in [6.07, 6.45) is 0. The maximum Gasteiger partial charge on any atom is 0.252 e. The van der Waals surface area contributed by atoms with Crippen molar-refractivity contribution in [1.29, 1.82) is 0 Å². The number of hydrogen-bond acceptors (Lipinski definition) is 3. The molecule has 2 aliphatic rings. The van der Waals surface area contributed by atoms with Crippen molar-refractivity contribution in [2.75, 3.05) is 14.7 Å². The lowest BCUT2D eigenvalue weighted by Crippen LogP contribution is -2.61. The van der Waals surface area contributed by atoms with Crippen LogP contribution in [-0.4, -0.2) is 11.3 Å². The van der Waals surface area contributed by atoms with Gasteiger partial charge in [0.05, 0.1) is 28.1 Å². The normalized spacial score (nSPS) is 12.2. The number of aromatic nitrogens is 1. The average molecular weight is 1130 g/mol. The van der Waals surface area contributed by atoms with Gasteiger partial charge in [-0.25, -0.2) is 0 Å². The maximum absolute atomic E-state index is 2.63. The van der Waals surface area contributed by atoms with Gasteiger partial charge in [-0.05, 0) is 140 Å². The lowest BCUT2D eigenvalue weighted by Gasteiger charge is -2.45. The zero-order valence-electron chi connectivity index (χ0n) is 48.8. The molecule has 0 unspecified atom stereocenters. The molecule has 89 heavy (non-hydrogen) atoms. The Balaban J connectivity index is 1.02. The first kappa shape index (κ1) is 51.7. The van der Waals surface area contributed by atoms with Gasteiger partial charge in [-0.2, -0.15) is 0 Å². The van der Waals surface area contributed by atoms with Crippen molar-refractivity contribution in [3.05, 3.63) is 346 Å². The van der Waals surface area contributed by atoms with E-state index in [0.29, 0.717) is 0 Å². The topological polar surface area (TPSA) is 14.7 Å². The molecule has 5 heteroatoms. The SMILES string of the molecule is c1ccc(-c2ccc(N3c4ccc(-c5ccccc5)cc4B4c5ccc6c(c5N(c5ccc(-c7ccccc7)cc5)c5cc(N(c7ccccc7)c7ccccc7)cc3c54)c3ccccc3n6-c3c(-c4ccccc4)cccc3-c3ccccc3)cc2)cc1. The van der Waals surface area contributed by atoms with Gasteiger partial charge in [-0.3, -0.25) is 0 Å². The Morgan fingerprint density at radius 1 is 0.258 bits per heavy atom. The Morgan fingerprint density at radius 2 is 0.685 bits per heavy atom. The van der Waals surface area contributed by atoms with E-state index in [1.54, 1.807) is 0 Å². The van der Waals surface area contributed by atoms with E-state index >= 15 is 0 Å². The van der Waals surface area contributed by atoms with Crippen LogP contribution >= 0.6 is 0 Å². The molecule has 0 aliphatic carbocycles. The third kappa shape index (κ3) is 8.77. The summed E-state index contributed by atoms with van der Waals surface area (Å²) in [5.74, 6) is 0. The highest BCUT2D eigenvalue weighted by Gasteiger charge is 2.45. The summed E-state index contributed by atoms with van der Waals surface area (Å²) < 4.78 is 2.57. The second-order valence-corrected chi connectivity index (χ2v) is 23.2. The van der Waals surface area contributed by atoms with E-state index in [1.807, 2.05) is 0 Å². The van der Waals surface area contributed by atoms with Crippen molar-refractivity contribution in [1.82, 2.24) is 4.57 Å². The van der Waals surface area contributed by atoms with Gasteiger partial charge >= 0.3 is 0 Å². The fraction of sp³-hybridized carbons (Fsp3) is 0. The molecule has 1 aromatic heterocycles. The third-order valence-corrected chi connectivity index (χ3v) is 18.1. The predicted octanol–water partition coefficient (Wildman–Crippen LogP) is 20.7. The van der Waals surface area contributed by atoms with Gasteiger partial charge in [0, 0.05) is 61.7 Å². The smallest absolute Gasteiger partial charge is 0.252 e. The van der Waals surface area contributed by atoms with E-state index in [4.69, 9.17) is 0 Å². The number of nitrogens with zero attached hydrogens (tertiary/aromatic N) is 4. The van der Waals surface area contributed by atoms with Crippen molar-refractivity contribution in [2.24, 2.45) is 0 Å². The van der Waals surface area contributed by atoms with Crippen molar-refractivity contribution in [2.45, 2.75) is 0 Å². The predicted molar refractivity (Wildman–Crippen MR) is 377 cm³/mol. The van der Waals surface area contributed by atoms with Crippen LogP contribution in [0.15, 0.2) is 346 Å². The van der Waals surface area contributed by atoms with Crippen LogP contribution in [0.5, 0.6) is 0 Å². The minimum atomic E-state index is -0.202. The highest BCUT2D eigenvalue weighted by atomic mass is 15.2. The molecule has 0 bridgehead atoms. The van der Waals surface area contributed by atoms with Crippen LogP contribution < -0.4 is 31.1 Å². The fourth-order valence-electron chi connectivity index (χ4n) is 14.2. The molecule has 0 radical (unpaired) electrons. The third-order valence-electron chi connectivity index (χ3n) is 18.1. The van der Waals surface area contributed by atoms with E-state index in [2.05, 4.69) is 365 Å². The van der Waals surface area contributed by atoms with Crippen LogP contribution in [-0.2, 0) is 0 Å². The molecule has 0 fully saturated rings. The molecule has 0 atom stereocenters. The number of hydrogen-bond donors (Lipinski definition) is 0. The summed E-state index contributed by atoms with van der Waals surface area (Å²) in [5.41, 5.74) is 28.7. The molecule has 0 spiro atoms. The lowest BCUT2D eigenvalue weighted by molar-refractivity contribution is 1.18. The molecule has 0 saturated heterocycles. The second-order valence-electron chi connectivity index (χ2n) is 23.2. The molecule has 4 nitrogen and oxygen atoms in total. The molecule has 17 rings (SSSR count). The van der Waals surface area contributed by atoms with Crippen LogP contribution in [0.25, 0.3) is 83.1 Å². The monoisotopic (exact) mass is 1130 g/mol. The van der Waals surface area contributed by atoms with Gasteiger partial charge < -0.3 is 19.3 Å². The molecule has 15 aromatic rings. The van der Waals surface area contributed by atoms with Gasteiger partial charge in [0.2, 0.25) is 0 Å². The molecule has 416 valence electrons. The first-order valence-electron chi connectivity index (χ1n) is 30.7. The van der Waals surface area contributed by atoms with Crippen molar-refractivity contribution < 1.29 is 0 Å². The Morgan fingerprint density at radius 3 is 1.21 bits per heavy atom. The minimum Gasteiger partial charge on any atom is -0.311 e. The zero-order valence-corrected chi connectivity index (χ0v) is 48.8. The molecule has 0 amide bonds. The first-order chi connectivity index (χ1) is 44.2. The lowest BCUT2D eigenvalue weighted by atomic mass is 9.33. The van der Waals surface area contributed by atoms with Gasteiger partial charge in [-0.1, -0.05) is 267 Å². The van der Waals surface area contributed by atoms with Crippen molar-refractivity contribution in [3.8, 4) is 61.3 Å². The Labute approximate surface area is 519 Å². The quantitative estimate of drug-likeness (QED) is 0.120. The largest absolute Gasteiger partial charge is 0.311 e. The van der Waals surface area contributed by atoms with E-state index in [1.165, 1.54) is 55.0 Å². The number of benzene rings is 14. The van der Waals surface area contributed by atoms with E-state index in [9.17, 15) is 0 Å². The molecule has 0 saturated carbocycles. The minimum absolute atomic E-state index is 0.202. The second kappa shape index (κ2) is 21.7. The van der Waals surface area contributed by atoms with E-state index < -0.39 is 0 Å². The summed E-state index contributed by atoms with van der Waals surface area (Å²) in [6.45, 7) is -0.202. The number of para-hydroxylation sites is 4.